The van der Waals surface area contributed by atoms with Crippen LogP contribution in [0, 0.1) is 5.92 Å². The van der Waals surface area contributed by atoms with Crippen molar-refractivity contribution in [3.05, 3.63) is 48.0 Å². The van der Waals surface area contributed by atoms with Crippen molar-refractivity contribution in [2.75, 3.05) is 12.3 Å². The summed E-state index contributed by atoms with van der Waals surface area (Å²) in [5.41, 5.74) is 1.16. The van der Waals surface area contributed by atoms with Crippen LogP contribution in [0.15, 0.2) is 42.5 Å². The van der Waals surface area contributed by atoms with E-state index in [1.165, 1.54) is 10.8 Å². The van der Waals surface area contributed by atoms with Crippen LogP contribution in [0.5, 0.6) is 0 Å². The Morgan fingerprint density at radius 3 is 2.64 bits per heavy atom. The van der Waals surface area contributed by atoms with Gasteiger partial charge in [0.2, 0.25) is 15.9 Å². The van der Waals surface area contributed by atoms with Gasteiger partial charge in [-0.2, -0.15) is 0 Å². The molecule has 2 aromatic carbocycles. The van der Waals surface area contributed by atoms with Gasteiger partial charge in [-0.15, -0.1) is 0 Å². The van der Waals surface area contributed by atoms with E-state index in [4.69, 9.17) is 5.14 Å². The zero-order chi connectivity index (χ0) is 15.7. The Labute approximate surface area is 129 Å². The van der Waals surface area contributed by atoms with Gasteiger partial charge in [-0.3, -0.25) is 4.79 Å². The van der Waals surface area contributed by atoms with Gasteiger partial charge in [-0.1, -0.05) is 42.5 Å². The Bertz CT molecular complexity index is 817. The Morgan fingerprint density at radius 2 is 1.91 bits per heavy atom. The number of benzene rings is 2. The molecule has 22 heavy (non-hydrogen) atoms. The molecular formula is C16H18N2O3S. The Morgan fingerprint density at radius 1 is 1.18 bits per heavy atom. The topological polar surface area (TPSA) is 89.3 Å². The zero-order valence-electron chi connectivity index (χ0n) is 12.0. The number of sulfonamides is 1. The van der Waals surface area contributed by atoms with Gasteiger partial charge >= 0.3 is 0 Å². The minimum Gasteiger partial charge on any atom is -0.355 e. The van der Waals surface area contributed by atoms with Crippen LogP contribution in [0.1, 0.15) is 17.9 Å². The van der Waals surface area contributed by atoms with Crippen LogP contribution in [0.4, 0.5) is 0 Å². The van der Waals surface area contributed by atoms with E-state index in [0.717, 1.165) is 12.0 Å². The van der Waals surface area contributed by atoms with Crippen LogP contribution in [0.2, 0.25) is 0 Å². The summed E-state index contributed by atoms with van der Waals surface area (Å²) in [5, 5.41) is 9.89. The highest BCUT2D eigenvalue weighted by Crippen LogP contribution is 2.48. The molecule has 0 radical (unpaired) electrons. The molecule has 2 atom stereocenters. The molecule has 0 heterocycles. The van der Waals surface area contributed by atoms with Crippen LogP contribution >= 0.6 is 0 Å². The number of fused-ring (bicyclic) bond motifs is 1. The number of hydrogen-bond donors (Lipinski definition) is 2. The summed E-state index contributed by atoms with van der Waals surface area (Å²) in [5.74, 6) is -0.172. The maximum atomic E-state index is 12.0. The number of carbonyl (C=O) groups is 1. The molecule has 2 aromatic rings. The average molecular weight is 318 g/mol. The largest absolute Gasteiger partial charge is 0.355 e. The fraction of sp³-hybridized carbons (Fsp3) is 0.312. The van der Waals surface area contributed by atoms with Crippen LogP contribution < -0.4 is 10.5 Å². The van der Waals surface area contributed by atoms with Crippen LogP contribution in [-0.4, -0.2) is 26.6 Å². The molecule has 3 rings (SSSR count). The van der Waals surface area contributed by atoms with E-state index in [1.807, 2.05) is 12.1 Å². The Balaban J connectivity index is 1.62. The van der Waals surface area contributed by atoms with Gasteiger partial charge in [0.05, 0.1) is 5.75 Å². The van der Waals surface area contributed by atoms with Crippen LogP contribution in [-0.2, 0) is 14.8 Å². The molecule has 1 aliphatic rings. The molecule has 0 unspecified atom stereocenters. The molecular weight excluding hydrogens is 300 g/mol. The summed E-state index contributed by atoms with van der Waals surface area (Å²) >= 11 is 0. The number of primary sulfonamides is 1. The van der Waals surface area contributed by atoms with Crippen LogP contribution in [0.25, 0.3) is 10.8 Å². The molecule has 1 fully saturated rings. The highest BCUT2D eigenvalue weighted by Gasteiger charge is 2.43. The molecule has 0 aliphatic heterocycles. The number of nitrogens with two attached hydrogens (primary N) is 1. The van der Waals surface area contributed by atoms with E-state index in [0.29, 0.717) is 0 Å². The molecule has 0 saturated heterocycles. The lowest BCUT2D eigenvalue weighted by molar-refractivity contribution is -0.122. The molecule has 0 aromatic heterocycles. The van der Waals surface area contributed by atoms with E-state index >= 15 is 0 Å². The van der Waals surface area contributed by atoms with Crippen molar-refractivity contribution in [3.63, 3.8) is 0 Å². The van der Waals surface area contributed by atoms with E-state index in [2.05, 4.69) is 35.6 Å². The Hall–Kier alpha value is -1.92. The fourth-order valence-corrected chi connectivity index (χ4v) is 3.13. The van der Waals surface area contributed by atoms with Crippen molar-refractivity contribution >= 4 is 26.7 Å². The van der Waals surface area contributed by atoms with Crippen LogP contribution in [0.3, 0.4) is 0 Å². The Kier molecular flexibility index (Phi) is 3.88. The second-order valence-electron chi connectivity index (χ2n) is 5.71. The second kappa shape index (κ2) is 5.70. The molecule has 0 spiro atoms. The van der Waals surface area contributed by atoms with Crippen molar-refractivity contribution in [2.45, 2.75) is 12.3 Å². The third-order valence-corrected chi connectivity index (χ3v) is 4.79. The molecule has 3 N–H and O–H groups in total. The quantitative estimate of drug-likeness (QED) is 0.872. The van der Waals surface area contributed by atoms with E-state index < -0.39 is 10.0 Å². The summed E-state index contributed by atoms with van der Waals surface area (Å²) in [7, 11) is -3.53. The maximum Gasteiger partial charge on any atom is 0.223 e. The number of nitrogens with one attached hydrogen (secondary N) is 1. The fourth-order valence-electron chi connectivity index (χ4n) is 2.74. The smallest absolute Gasteiger partial charge is 0.223 e. The summed E-state index contributed by atoms with van der Waals surface area (Å²) in [6.45, 7) is 0.0681. The normalized spacial score (nSPS) is 20.8. The van der Waals surface area contributed by atoms with Gasteiger partial charge in [-0.25, -0.2) is 13.6 Å². The van der Waals surface area contributed by atoms with Gasteiger partial charge in [0, 0.05) is 12.5 Å². The third kappa shape index (κ3) is 3.45. The van der Waals surface area contributed by atoms with Gasteiger partial charge in [0.15, 0.2) is 0 Å². The van der Waals surface area contributed by atoms with Gasteiger partial charge in [0.25, 0.3) is 0 Å². The molecule has 116 valence electrons. The summed E-state index contributed by atoms with van der Waals surface area (Å²) in [4.78, 5) is 12.0. The van der Waals surface area contributed by atoms with Crippen molar-refractivity contribution < 1.29 is 13.2 Å². The van der Waals surface area contributed by atoms with Crippen molar-refractivity contribution in [2.24, 2.45) is 11.1 Å². The third-order valence-electron chi connectivity index (χ3n) is 4.01. The number of amides is 1. The lowest BCUT2D eigenvalue weighted by Crippen LogP contribution is -2.32. The molecule has 1 amide bonds. The molecule has 6 heteroatoms. The van der Waals surface area contributed by atoms with Crippen molar-refractivity contribution in [1.29, 1.82) is 0 Å². The van der Waals surface area contributed by atoms with E-state index in [9.17, 15) is 13.2 Å². The summed E-state index contributed by atoms with van der Waals surface area (Å²) in [6.07, 6.45) is 0.805. The van der Waals surface area contributed by atoms with Gasteiger partial charge in [0.1, 0.15) is 0 Å². The predicted molar refractivity (Wildman–Crippen MR) is 85.8 cm³/mol. The zero-order valence-corrected chi connectivity index (χ0v) is 12.8. The van der Waals surface area contributed by atoms with E-state index in [-0.39, 0.29) is 30.0 Å². The lowest BCUT2D eigenvalue weighted by Gasteiger charge is -2.05. The van der Waals surface area contributed by atoms with Crippen molar-refractivity contribution in [3.8, 4) is 0 Å². The number of rotatable bonds is 5. The predicted octanol–water partition coefficient (Wildman–Crippen LogP) is 1.35. The first-order valence-electron chi connectivity index (χ1n) is 7.21. The SMILES string of the molecule is NS(=O)(=O)CCNC(=O)[C@H]1C[C@H]1c1ccc2ccccc2c1. The molecule has 0 bridgehead atoms. The first-order valence-corrected chi connectivity index (χ1v) is 8.92. The van der Waals surface area contributed by atoms with Gasteiger partial charge < -0.3 is 5.32 Å². The first-order chi connectivity index (χ1) is 10.4. The minimum absolute atomic E-state index is 0.0679. The maximum absolute atomic E-state index is 12.0. The number of hydrogen-bond acceptors (Lipinski definition) is 3. The minimum atomic E-state index is -3.53. The molecule has 1 aliphatic carbocycles. The molecule has 1 saturated carbocycles. The monoisotopic (exact) mass is 318 g/mol. The highest BCUT2D eigenvalue weighted by atomic mass is 32.2. The van der Waals surface area contributed by atoms with Crippen molar-refractivity contribution in [1.82, 2.24) is 5.32 Å². The summed E-state index contributed by atoms with van der Waals surface area (Å²) in [6, 6.07) is 14.4. The second-order valence-corrected chi connectivity index (χ2v) is 7.45. The summed E-state index contributed by atoms with van der Waals surface area (Å²) < 4.78 is 21.7. The van der Waals surface area contributed by atoms with E-state index in [1.54, 1.807) is 0 Å². The lowest BCUT2D eigenvalue weighted by atomic mass is 10.0. The standard InChI is InChI=1S/C16H18N2O3S/c17-22(20,21)8-7-18-16(19)15-10-14(15)13-6-5-11-3-1-2-4-12(11)9-13/h1-6,9,14-15H,7-8,10H2,(H,18,19)(H2,17,20,21)/t14-,15-/m0/s1. The average Bonchev–Trinajstić information content (AvgIpc) is 3.26. The number of carbonyl (C=O) groups excluding carboxylic acids is 1. The first kappa shape index (κ1) is 15.0. The molecule has 5 nitrogen and oxygen atoms in total. The highest BCUT2D eigenvalue weighted by molar-refractivity contribution is 7.89. The van der Waals surface area contributed by atoms with Gasteiger partial charge in [-0.05, 0) is 28.7 Å².